The van der Waals surface area contributed by atoms with E-state index < -0.39 is 0 Å². The Morgan fingerprint density at radius 2 is 1.86 bits per heavy atom. The number of benzene rings is 2. The Balaban J connectivity index is 1.78. The number of fused-ring (bicyclic) bond motifs is 3. The van der Waals surface area contributed by atoms with Crippen molar-refractivity contribution in [3.8, 4) is 0 Å². The van der Waals surface area contributed by atoms with Gasteiger partial charge in [-0.3, -0.25) is 4.79 Å². The van der Waals surface area contributed by atoms with Crippen molar-refractivity contribution in [3.63, 3.8) is 0 Å². The number of furan rings is 1. The van der Waals surface area contributed by atoms with Crippen molar-refractivity contribution in [2.45, 2.75) is 25.4 Å². The quantitative estimate of drug-likeness (QED) is 0.656. The van der Waals surface area contributed by atoms with Crippen LogP contribution >= 0.6 is 0 Å². The summed E-state index contributed by atoms with van der Waals surface area (Å²) in [6.45, 7) is 0.688. The van der Waals surface area contributed by atoms with Gasteiger partial charge in [-0.05, 0) is 43.5 Å². The first-order valence-corrected chi connectivity index (χ1v) is 7.40. The molecule has 0 amide bonds. The number of Topliss-reactive ketones (excluding diaryl/α,β-unsaturated/α-hetero) is 1. The molecule has 0 spiro atoms. The van der Waals surface area contributed by atoms with Crippen LogP contribution in [0.5, 0.6) is 0 Å². The minimum atomic E-state index is -0.283. The first-order valence-electron chi connectivity index (χ1n) is 7.40. The molecule has 3 heteroatoms. The summed E-state index contributed by atoms with van der Waals surface area (Å²) in [4.78, 5) is 12.5. The second-order valence-electron chi connectivity index (χ2n) is 5.53. The number of ketones is 1. The van der Waals surface area contributed by atoms with Gasteiger partial charge in [0.25, 0.3) is 0 Å². The Kier molecular flexibility index (Phi) is 3.00. The van der Waals surface area contributed by atoms with Crippen LogP contribution in [0, 0.1) is 0 Å². The molecule has 0 radical (unpaired) electrons. The first-order chi connectivity index (χ1) is 10.3. The molecule has 1 aromatic heterocycles. The highest BCUT2D eigenvalue weighted by atomic mass is 16.5. The Bertz CT molecular complexity index is 810. The van der Waals surface area contributed by atoms with Gasteiger partial charge in [0.05, 0.1) is 0 Å². The lowest BCUT2D eigenvalue weighted by Gasteiger charge is -2.21. The van der Waals surface area contributed by atoms with Gasteiger partial charge < -0.3 is 9.15 Å². The summed E-state index contributed by atoms with van der Waals surface area (Å²) >= 11 is 0. The van der Waals surface area contributed by atoms with Crippen molar-refractivity contribution in [2.75, 3.05) is 6.61 Å². The standard InChI is InChI=1S/C18H16O3/c19-18(17-7-3-4-10-20-17)12-8-9-16-14(11-12)13-5-1-2-6-15(13)21-16/h1-2,5-6,8-9,11,17H,3-4,7,10H2. The third-order valence-electron chi connectivity index (χ3n) is 4.13. The van der Waals surface area contributed by atoms with Gasteiger partial charge in [0.2, 0.25) is 0 Å². The number of hydrogen-bond donors (Lipinski definition) is 0. The molecular formula is C18H16O3. The fourth-order valence-electron chi connectivity index (χ4n) is 3.01. The summed E-state index contributed by atoms with van der Waals surface area (Å²) in [5, 5.41) is 2.04. The van der Waals surface area contributed by atoms with Crippen molar-refractivity contribution in [3.05, 3.63) is 48.0 Å². The molecule has 1 aliphatic rings. The van der Waals surface area contributed by atoms with Gasteiger partial charge in [-0.25, -0.2) is 0 Å². The van der Waals surface area contributed by atoms with E-state index >= 15 is 0 Å². The number of carbonyl (C=O) groups excluding carboxylic acids is 1. The van der Waals surface area contributed by atoms with Crippen LogP contribution in [0.2, 0.25) is 0 Å². The van der Waals surface area contributed by atoms with Crippen LogP contribution in [0.4, 0.5) is 0 Å². The molecule has 3 aromatic rings. The van der Waals surface area contributed by atoms with E-state index in [4.69, 9.17) is 9.15 Å². The molecule has 0 saturated carbocycles. The van der Waals surface area contributed by atoms with Crippen molar-refractivity contribution < 1.29 is 13.9 Å². The smallest absolute Gasteiger partial charge is 0.191 e. The molecule has 2 aromatic carbocycles. The number of ether oxygens (including phenoxy) is 1. The SMILES string of the molecule is O=C(c1ccc2oc3ccccc3c2c1)C1CCCCO1. The molecule has 2 heterocycles. The minimum absolute atomic E-state index is 0.0851. The summed E-state index contributed by atoms with van der Waals surface area (Å²) in [6.07, 6.45) is 2.65. The molecule has 1 aliphatic heterocycles. The van der Waals surface area contributed by atoms with Crippen LogP contribution in [-0.2, 0) is 4.74 Å². The van der Waals surface area contributed by atoms with Gasteiger partial charge in [0.1, 0.15) is 17.3 Å². The lowest BCUT2D eigenvalue weighted by Crippen LogP contribution is -2.28. The summed E-state index contributed by atoms with van der Waals surface area (Å²) < 4.78 is 11.4. The maximum atomic E-state index is 12.5. The Morgan fingerprint density at radius 1 is 1.00 bits per heavy atom. The Hall–Kier alpha value is -2.13. The van der Waals surface area contributed by atoms with Crippen LogP contribution in [-0.4, -0.2) is 18.5 Å². The highest BCUT2D eigenvalue weighted by Crippen LogP contribution is 2.30. The topological polar surface area (TPSA) is 39.4 Å². The molecule has 106 valence electrons. The van der Waals surface area contributed by atoms with Crippen molar-refractivity contribution in [2.24, 2.45) is 0 Å². The molecule has 3 nitrogen and oxygen atoms in total. The van der Waals surface area contributed by atoms with Crippen LogP contribution in [0.1, 0.15) is 29.6 Å². The molecule has 1 fully saturated rings. The molecule has 0 bridgehead atoms. The normalized spacial score (nSPS) is 19.1. The molecule has 1 unspecified atom stereocenters. The maximum absolute atomic E-state index is 12.5. The fourth-order valence-corrected chi connectivity index (χ4v) is 3.01. The first kappa shape index (κ1) is 12.6. The number of hydrogen-bond acceptors (Lipinski definition) is 3. The zero-order valence-electron chi connectivity index (χ0n) is 11.7. The van der Waals surface area contributed by atoms with Crippen molar-refractivity contribution in [1.82, 2.24) is 0 Å². The van der Waals surface area contributed by atoms with E-state index in [1.165, 1.54) is 0 Å². The predicted octanol–water partition coefficient (Wildman–Crippen LogP) is 4.34. The van der Waals surface area contributed by atoms with Crippen LogP contribution in [0.25, 0.3) is 21.9 Å². The van der Waals surface area contributed by atoms with Gasteiger partial charge in [-0.2, -0.15) is 0 Å². The summed E-state index contributed by atoms with van der Waals surface area (Å²) in [5.74, 6) is 0.0851. The zero-order chi connectivity index (χ0) is 14.2. The second-order valence-corrected chi connectivity index (χ2v) is 5.53. The van der Waals surface area contributed by atoms with Crippen LogP contribution < -0.4 is 0 Å². The van der Waals surface area contributed by atoms with Gasteiger partial charge in [0.15, 0.2) is 5.78 Å². The van der Waals surface area contributed by atoms with Gasteiger partial charge in [-0.1, -0.05) is 18.2 Å². The number of carbonyl (C=O) groups is 1. The van der Waals surface area contributed by atoms with Gasteiger partial charge in [-0.15, -0.1) is 0 Å². The van der Waals surface area contributed by atoms with Gasteiger partial charge in [0, 0.05) is 22.9 Å². The summed E-state index contributed by atoms with van der Waals surface area (Å²) in [7, 11) is 0. The lowest BCUT2D eigenvalue weighted by atomic mass is 9.98. The number of para-hydroxylation sites is 1. The van der Waals surface area contributed by atoms with Crippen molar-refractivity contribution >= 4 is 27.7 Å². The molecule has 1 atom stereocenters. The highest BCUT2D eigenvalue weighted by Gasteiger charge is 2.23. The molecule has 4 rings (SSSR count). The largest absolute Gasteiger partial charge is 0.456 e. The second kappa shape index (κ2) is 5.01. The van der Waals surface area contributed by atoms with Crippen LogP contribution in [0.3, 0.4) is 0 Å². The van der Waals surface area contributed by atoms with E-state index in [9.17, 15) is 4.79 Å². The molecule has 0 N–H and O–H groups in total. The number of rotatable bonds is 2. The molecular weight excluding hydrogens is 264 g/mol. The Morgan fingerprint density at radius 3 is 2.71 bits per heavy atom. The lowest BCUT2D eigenvalue weighted by molar-refractivity contribution is 0.0186. The minimum Gasteiger partial charge on any atom is -0.456 e. The van der Waals surface area contributed by atoms with E-state index in [0.717, 1.165) is 41.2 Å². The van der Waals surface area contributed by atoms with Crippen LogP contribution in [0.15, 0.2) is 46.9 Å². The van der Waals surface area contributed by atoms with E-state index in [0.29, 0.717) is 12.2 Å². The molecule has 1 saturated heterocycles. The average Bonchev–Trinajstić information content (AvgIpc) is 2.93. The van der Waals surface area contributed by atoms with E-state index in [-0.39, 0.29) is 11.9 Å². The van der Waals surface area contributed by atoms with Crippen molar-refractivity contribution in [1.29, 1.82) is 0 Å². The predicted molar refractivity (Wildman–Crippen MR) is 81.6 cm³/mol. The highest BCUT2D eigenvalue weighted by molar-refractivity contribution is 6.09. The Labute approximate surface area is 122 Å². The molecule has 0 aliphatic carbocycles. The maximum Gasteiger partial charge on any atom is 0.191 e. The third-order valence-corrected chi connectivity index (χ3v) is 4.13. The van der Waals surface area contributed by atoms with E-state index in [2.05, 4.69) is 0 Å². The monoisotopic (exact) mass is 280 g/mol. The van der Waals surface area contributed by atoms with Gasteiger partial charge >= 0.3 is 0 Å². The van der Waals surface area contributed by atoms with E-state index in [1.807, 2.05) is 42.5 Å². The summed E-state index contributed by atoms with van der Waals surface area (Å²) in [6, 6.07) is 13.5. The average molecular weight is 280 g/mol. The molecule has 21 heavy (non-hydrogen) atoms. The third kappa shape index (κ3) is 2.14. The zero-order valence-corrected chi connectivity index (χ0v) is 11.7. The fraction of sp³-hybridized carbons (Fsp3) is 0.278. The summed E-state index contributed by atoms with van der Waals surface area (Å²) in [5.41, 5.74) is 2.38. The van der Waals surface area contributed by atoms with E-state index in [1.54, 1.807) is 0 Å².